The van der Waals surface area contributed by atoms with Crippen LogP contribution in [0.5, 0.6) is 0 Å². The van der Waals surface area contributed by atoms with Gasteiger partial charge in [-0.15, -0.1) is 22.7 Å². The predicted molar refractivity (Wildman–Crippen MR) is 154 cm³/mol. The van der Waals surface area contributed by atoms with Crippen molar-refractivity contribution in [2.24, 2.45) is 0 Å². The fourth-order valence-electron chi connectivity index (χ4n) is 4.52. The van der Waals surface area contributed by atoms with Crippen LogP contribution in [-0.4, -0.2) is 8.75 Å². The van der Waals surface area contributed by atoms with Crippen LogP contribution < -0.4 is 0 Å². The van der Waals surface area contributed by atoms with Crippen LogP contribution in [0.2, 0.25) is 0 Å². The fourth-order valence-corrected chi connectivity index (χ4v) is 7.32. The molecule has 35 heavy (non-hydrogen) atoms. The summed E-state index contributed by atoms with van der Waals surface area (Å²) in [6.45, 7) is 8.66. The van der Waals surface area contributed by atoms with Crippen molar-refractivity contribution in [3.8, 4) is 41.8 Å². The van der Waals surface area contributed by atoms with Crippen LogP contribution in [0.25, 0.3) is 52.8 Å². The molecule has 2 nitrogen and oxygen atoms in total. The van der Waals surface area contributed by atoms with Crippen LogP contribution in [0.1, 0.15) is 22.3 Å². The molecule has 6 aromatic rings. The van der Waals surface area contributed by atoms with Gasteiger partial charge in [-0.05, 0) is 74.2 Å². The van der Waals surface area contributed by atoms with Gasteiger partial charge in [-0.1, -0.05) is 59.7 Å². The second-order valence-corrected chi connectivity index (χ2v) is 11.8. The number of nitrogens with zero attached hydrogens (tertiary/aromatic N) is 2. The van der Waals surface area contributed by atoms with Crippen LogP contribution >= 0.6 is 34.4 Å². The molecule has 0 aliphatic carbocycles. The molecule has 5 heteroatoms. The molecule has 0 amide bonds. The Labute approximate surface area is 217 Å². The lowest BCUT2D eigenvalue weighted by atomic mass is 10.0. The third-order valence-electron chi connectivity index (χ3n) is 6.48. The molecule has 0 saturated carbocycles. The molecule has 6 rings (SSSR count). The number of fused-ring (bicyclic) bond motifs is 1. The van der Waals surface area contributed by atoms with Gasteiger partial charge in [-0.25, -0.2) is 0 Å². The van der Waals surface area contributed by atoms with Gasteiger partial charge in [0.2, 0.25) is 0 Å². The molecule has 0 fully saturated rings. The summed E-state index contributed by atoms with van der Waals surface area (Å²) in [5.41, 5.74) is 12.1. The van der Waals surface area contributed by atoms with E-state index < -0.39 is 0 Å². The number of aromatic nitrogens is 2. The normalized spacial score (nSPS) is 11.4. The van der Waals surface area contributed by atoms with Gasteiger partial charge >= 0.3 is 0 Å². The zero-order chi connectivity index (χ0) is 24.1. The molecular formula is C30H24N2S3. The zero-order valence-corrected chi connectivity index (χ0v) is 22.5. The molecule has 0 atom stereocenters. The quantitative estimate of drug-likeness (QED) is 0.237. The van der Waals surface area contributed by atoms with E-state index in [0.29, 0.717) is 0 Å². The van der Waals surface area contributed by atoms with Crippen LogP contribution in [0, 0.1) is 27.7 Å². The average Bonchev–Trinajstić information content (AvgIpc) is 3.62. The van der Waals surface area contributed by atoms with E-state index >= 15 is 0 Å². The molecule has 0 N–H and O–H groups in total. The van der Waals surface area contributed by atoms with Crippen LogP contribution in [0.15, 0.2) is 72.8 Å². The van der Waals surface area contributed by atoms with E-state index in [1.807, 2.05) is 22.7 Å². The maximum absolute atomic E-state index is 4.73. The first-order valence-corrected chi connectivity index (χ1v) is 14.0. The van der Waals surface area contributed by atoms with Gasteiger partial charge in [-0.3, -0.25) is 0 Å². The number of benzene rings is 3. The van der Waals surface area contributed by atoms with Crippen molar-refractivity contribution < 1.29 is 0 Å². The Morgan fingerprint density at radius 2 is 0.857 bits per heavy atom. The van der Waals surface area contributed by atoms with Crippen molar-refractivity contribution in [3.63, 3.8) is 0 Å². The monoisotopic (exact) mass is 508 g/mol. The molecule has 3 heterocycles. The highest BCUT2D eigenvalue weighted by Crippen LogP contribution is 2.43. The number of hydrogen-bond donors (Lipinski definition) is 0. The molecule has 172 valence electrons. The number of rotatable bonds is 4. The molecule has 0 bridgehead atoms. The number of thiophene rings is 2. The second kappa shape index (κ2) is 8.83. The first kappa shape index (κ1) is 22.4. The van der Waals surface area contributed by atoms with E-state index in [1.165, 1.54) is 64.6 Å². The van der Waals surface area contributed by atoms with E-state index in [1.54, 1.807) is 0 Å². The molecule has 3 aromatic heterocycles. The smallest absolute Gasteiger partial charge is 0.114 e. The Morgan fingerprint density at radius 3 is 1.29 bits per heavy atom. The third-order valence-corrected chi connectivity index (χ3v) is 9.31. The minimum absolute atomic E-state index is 0.989. The van der Waals surface area contributed by atoms with Gasteiger partial charge in [0, 0.05) is 30.6 Å². The number of aryl methyl sites for hydroxylation is 4. The topological polar surface area (TPSA) is 25.8 Å². The first-order chi connectivity index (χ1) is 17.0. The van der Waals surface area contributed by atoms with E-state index in [4.69, 9.17) is 8.75 Å². The van der Waals surface area contributed by atoms with Gasteiger partial charge in [0.05, 0.1) is 11.7 Å². The van der Waals surface area contributed by atoms with Gasteiger partial charge in [0.1, 0.15) is 11.0 Å². The van der Waals surface area contributed by atoms with E-state index in [9.17, 15) is 0 Å². The van der Waals surface area contributed by atoms with Crippen molar-refractivity contribution in [1.29, 1.82) is 0 Å². The summed E-state index contributed by atoms with van der Waals surface area (Å²) < 4.78 is 9.45. The molecule has 0 aliphatic rings. The van der Waals surface area contributed by atoms with Gasteiger partial charge in [-0.2, -0.15) is 8.75 Å². The highest BCUT2D eigenvalue weighted by atomic mass is 32.1. The Hall–Kier alpha value is -3.12. The SMILES string of the molecule is Cc1ccc(C)c(-c2ccc(-c3ccc(-c4ccc(-c5cc(C)ccc5C)s4)c4nsnc34)s2)c1. The summed E-state index contributed by atoms with van der Waals surface area (Å²) in [5, 5.41) is 0. The molecule has 0 spiro atoms. The van der Waals surface area contributed by atoms with Gasteiger partial charge in [0.15, 0.2) is 0 Å². The van der Waals surface area contributed by atoms with Crippen molar-refractivity contribution >= 4 is 45.4 Å². The van der Waals surface area contributed by atoms with Crippen molar-refractivity contribution in [2.45, 2.75) is 27.7 Å². The van der Waals surface area contributed by atoms with Crippen LogP contribution in [0.3, 0.4) is 0 Å². The second-order valence-electron chi connectivity index (χ2n) is 9.09. The molecule has 0 aliphatic heterocycles. The van der Waals surface area contributed by atoms with Crippen LogP contribution in [-0.2, 0) is 0 Å². The molecular weight excluding hydrogens is 485 g/mol. The van der Waals surface area contributed by atoms with Crippen molar-refractivity contribution in [2.75, 3.05) is 0 Å². The van der Waals surface area contributed by atoms with E-state index in [-0.39, 0.29) is 0 Å². The predicted octanol–water partition coefficient (Wildman–Crippen LogP) is 9.72. The maximum atomic E-state index is 4.73. The Balaban J connectivity index is 1.41. The standard InChI is InChI=1S/C30H24N2S3/c1-17-5-7-19(3)23(15-17)27-13-11-25(33-27)21-9-10-22(30-29(21)31-35-32-30)26-12-14-28(34-26)24-16-18(2)6-8-20(24)4/h5-16H,1-4H3. The summed E-state index contributed by atoms with van der Waals surface area (Å²) in [6.07, 6.45) is 0. The summed E-state index contributed by atoms with van der Waals surface area (Å²) in [4.78, 5) is 5.04. The third kappa shape index (κ3) is 4.04. The Kier molecular flexibility index (Phi) is 5.64. The highest BCUT2D eigenvalue weighted by Gasteiger charge is 2.17. The number of hydrogen-bond acceptors (Lipinski definition) is 5. The fraction of sp³-hybridized carbons (Fsp3) is 0.133. The van der Waals surface area contributed by atoms with E-state index in [2.05, 4.69) is 100 Å². The van der Waals surface area contributed by atoms with Gasteiger partial charge < -0.3 is 0 Å². The summed E-state index contributed by atoms with van der Waals surface area (Å²) in [6, 6.07) is 26.6. The summed E-state index contributed by atoms with van der Waals surface area (Å²) in [7, 11) is 0. The lowest BCUT2D eigenvalue weighted by Gasteiger charge is -2.06. The molecule has 0 unspecified atom stereocenters. The molecule has 0 radical (unpaired) electrons. The lowest BCUT2D eigenvalue weighted by Crippen LogP contribution is -1.82. The Bertz CT molecular complexity index is 1580. The average molecular weight is 509 g/mol. The Morgan fingerprint density at radius 1 is 0.457 bits per heavy atom. The maximum Gasteiger partial charge on any atom is 0.114 e. The summed E-state index contributed by atoms with van der Waals surface area (Å²) in [5.74, 6) is 0. The van der Waals surface area contributed by atoms with Crippen molar-refractivity contribution in [3.05, 3.63) is 95.1 Å². The van der Waals surface area contributed by atoms with Crippen LogP contribution in [0.4, 0.5) is 0 Å². The molecule has 0 saturated heterocycles. The highest BCUT2D eigenvalue weighted by molar-refractivity contribution is 7.19. The van der Waals surface area contributed by atoms with E-state index in [0.717, 1.165) is 22.2 Å². The first-order valence-electron chi connectivity index (χ1n) is 11.6. The summed E-state index contributed by atoms with van der Waals surface area (Å²) >= 11 is 4.95. The lowest BCUT2D eigenvalue weighted by molar-refractivity contribution is 1.40. The zero-order valence-electron chi connectivity index (χ0n) is 20.0. The van der Waals surface area contributed by atoms with Gasteiger partial charge in [0.25, 0.3) is 0 Å². The minimum Gasteiger partial charge on any atom is -0.172 e. The largest absolute Gasteiger partial charge is 0.172 e. The molecule has 3 aromatic carbocycles. The van der Waals surface area contributed by atoms with Crippen molar-refractivity contribution in [1.82, 2.24) is 8.75 Å². The minimum atomic E-state index is 0.989.